The molecule has 0 radical (unpaired) electrons. The highest BCUT2D eigenvalue weighted by Gasteiger charge is 2.16. The maximum absolute atomic E-state index is 12.6. The monoisotopic (exact) mass is 434 g/mol. The summed E-state index contributed by atoms with van der Waals surface area (Å²) in [6.07, 6.45) is 0.539. The standard InChI is InChI=1S/C23H22N4O3S/c28-23(24-14-13-22-26-20-11-4-5-12-21(20)27-22)18-9-6-10-19(15-18)31(29,30)25-16-17-7-2-1-3-8-17/h1-12,15,25H,13-14,16H2,(H,24,28)(H,26,27). The first-order valence-electron chi connectivity index (χ1n) is 9.87. The van der Waals surface area contributed by atoms with E-state index in [1.807, 2.05) is 54.6 Å². The number of H-pyrrole nitrogens is 1. The fraction of sp³-hybridized carbons (Fsp3) is 0.130. The van der Waals surface area contributed by atoms with Gasteiger partial charge < -0.3 is 10.3 Å². The van der Waals surface area contributed by atoms with Crippen molar-refractivity contribution in [2.45, 2.75) is 17.9 Å². The highest BCUT2D eigenvalue weighted by molar-refractivity contribution is 7.89. The normalized spacial score (nSPS) is 11.5. The maximum atomic E-state index is 12.6. The van der Waals surface area contributed by atoms with E-state index in [1.165, 1.54) is 12.1 Å². The third kappa shape index (κ3) is 5.17. The van der Waals surface area contributed by atoms with Crippen LogP contribution in [0.3, 0.4) is 0 Å². The Morgan fingerprint density at radius 2 is 1.71 bits per heavy atom. The van der Waals surface area contributed by atoms with Gasteiger partial charge >= 0.3 is 0 Å². The number of sulfonamides is 1. The minimum atomic E-state index is -3.74. The average molecular weight is 435 g/mol. The zero-order chi connectivity index (χ0) is 21.7. The van der Waals surface area contributed by atoms with Crippen molar-refractivity contribution >= 4 is 27.0 Å². The molecule has 0 aliphatic carbocycles. The molecule has 8 heteroatoms. The fourth-order valence-corrected chi connectivity index (χ4v) is 4.25. The highest BCUT2D eigenvalue weighted by atomic mass is 32.2. The molecule has 1 amide bonds. The molecule has 0 spiro atoms. The van der Waals surface area contributed by atoms with Crippen LogP contribution in [0.25, 0.3) is 11.0 Å². The van der Waals surface area contributed by atoms with E-state index in [1.54, 1.807) is 12.1 Å². The summed E-state index contributed by atoms with van der Waals surface area (Å²) >= 11 is 0. The third-order valence-electron chi connectivity index (χ3n) is 4.80. The summed E-state index contributed by atoms with van der Waals surface area (Å²) in [5, 5.41) is 2.81. The van der Waals surface area contributed by atoms with Gasteiger partial charge in [-0.15, -0.1) is 0 Å². The number of fused-ring (bicyclic) bond motifs is 1. The predicted octanol–water partition coefficient (Wildman–Crippen LogP) is 3.01. The Morgan fingerprint density at radius 1 is 0.935 bits per heavy atom. The molecule has 0 fully saturated rings. The Kier molecular flexibility index (Phi) is 6.11. The maximum Gasteiger partial charge on any atom is 0.251 e. The molecule has 0 aliphatic heterocycles. The van der Waals surface area contributed by atoms with Crippen LogP contribution in [0.1, 0.15) is 21.7 Å². The van der Waals surface area contributed by atoms with Crippen molar-refractivity contribution in [2.75, 3.05) is 6.54 Å². The zero-order valence-corrected chi connectivity index (χ0v) is 17.5. The molecule has 0 saturated carbocycles. The van der Waals surface area contributed by atoms with Gasteiger partial charge in [-0.3, -0.25) is 4.79 Å². The molecule has 7 nitrogen and oxygen atoms in total. The molecule has 4 aromatic rings. The molecule has 0 saturated heterocycles. The molecule has 1 aromatic heterocycles. The predicted molar refractivity (Wildman–Crippen MR) is 119 cm³/mol. The molecule has 1 heterocycles. The topological polar surface area (TPSA) is 104 Å². The van der Waals surface area contributed by atoms with E-state index in [0.29, 0.717) is 13.0 Å². The summed E-state index contributed by atoms with van der Waals surface area (Å²) in [7, 11) is -3.74. The molecular weight excluding hydrogens is 412 g/mol. The van der Waals surface area contributed by atoms with Gasteiger partial charge in [0.2, 0.25) is 10.0 Å². The second-order valence-corrected chi connectivity index (χ2v) is 8.81. The van der Waals surface area contributed by atoms with Crippen LogP contribution in [-0.4, -0.2) is 30.8 Å². The van der Waals surface area contributed by atoms with Gasteiger partial charge in [0.15, 0.2) is 0 Å². The second kappa shape index (κ2) is 9.11. The summed E-state index contributed by atoms with van der Waals surface area (Å²) in [5.74, 6) is 0.444. The number of carbonyl (C=O) groups excluding carboxylic acids is 1. The average Bonchev–Trinajstić information content (AvgIpc) is 3.21. The Labute approximate surface area is 180 Å². The lowest BCUT2D eigenvalue weighted by atomic mass is 10.2. The Hall–Kier alpha value is -3.49. The molecule has 0 atom stereocenters. The SMILES string of the molecule is O=C(NCCc1nc2ccccc2[nH]1)c1cccc(S(=O)(=O)NCc2ccccc2)c1. The summed E-state index contributed by atoms with van der Waals surface area (Å²) < 4.78 is 27.8. The lowest BCUT2D eigenvalue weighted by Gasteiger charge is -2.09. The number of benzene rings is 3. The first-order chi connectivity index (χ1) is 15.0. The van der Waals surface area contributed by atoms with Gasteiger partial charge in [-0.1, -0.05) is 48.5 Å². The number of aromatic amines is 1. The van der Waals surface area contributed by atoms with E-state index in [-0.39, 0.29) is 22.9 Å². The van der Waals surface area contributed by atoms with Crippen molar-refractivity contribution in [1.29, 1.82) is 0 Å². The third-order valence-corrected chi connectivity index (χ3v) is 6.20. The van der Waals surface area contributed by atoms with Crippen molar-refractivity contribution in [1.82, 2.24) is 20.0 Å². The van der Waals surface area contributed by atoms with Gasteiger partial charge in [-0.05, 0) is 35.9 Å². The van der Waals surface area contributed by atoms with Crippen molar-refractivity contribution < 1.29 is 13.2 Å². The Balaban J connectivity index is 1.36. The van der Waals surface area contributed by atoms with Crippen LogP contribution in [0.4, 0.5) is 0 Å². The van der Waals surface area contributed by atoms with Gasteiger partial charge in [0.05, 0.1) is 15.9 Å². The van der Waals surface area contributed by atoms with Crippen LogP contribution < -0.4 is 10.0 Å². The lowest BCUT2D eigenvalue weighted by molar-refractivity contribution is 0.0954. The van der Waals surface area contributed by atoms with E-state index in [4.69, 9.17) is 0 Å². The van der Waals surface area contributed by atoms with Crippen LogP contribution in [0, 0.1) is 0 Å². The molecule has 3 aromatic carbocycles. The molecule has 3 N–H and O–H groups in total. The van der Waals surface area contributed by atoms with E-state index in [0.717, 1.165) is 22.4 Å². The number of nitrogens with zero attached hydrogens (tertiary/aromatic N) is 1. The van der Waals surface area contributed by atoms with Crippen LogP contribution in [0.2, 0.25) is 0 Å². The smallest absolute Gasteiger partial charge is 0.251 e. The molecule has 0 aliphatic rings. The Morgan fingerprint density at radius 3 is 2.52 bits per heavy atom. The molecule has 0 bridgehead atoms. The number of carbonyl (C=O) groups is 1. The number of aromatic nitrogens is 2. The van der Waals surface area contributed by atoms with Crippen molar-refractivity contribution in [3.63, 3.8) is 0 Å². The van der Waals surface area contributed by atoms with E-state index < -0.39 is 10.0 Å². The van der Waals surface area contributed by atoms with E-state index in [2.05, 4.69) is 20.0 Å². The summed E-state index contributed by atoms with van der Waals surface area (Å²) in [4.78, 5) is 20.3. The van der Waals surface area contributed by atoms with Crippen LogP contribution in [-0.2, 0) is 23.0 Å². The highest BCUT2D eigenvalue weighted by Crippen LogP contribution is 2.13. The quantitative estimate of drug-likeness (QED) is 0.397. The number of para-hydroxylation sites is 2. The van der Waals surface area contributed by atoms with Gasteiger partial charge in [0.25, 0.3) is 5.91 Å². The van der Waals surface area contributed by atoms with Gasteiger partial charge in [-0.2, -0.15) is 0 Å². The number of hydrogen-bond donors (Lipinski definition) is 3. The van der Waals surface area contributed by atoms with E-state index >= 15 is 0 Å². The summed E-state index contributed by atoms with van der Waals surface area (Å²) in [5.41, 5.74) is 2.97. The first-order valence-corrected chi connectivity index (χ1v) is 11.3. The fourth-order valence-electron chi connectivity index (χ4n) is 3.18. The first kappa shape index (κ1) is 20.8. The van der Waals surface area contributed by atoms with Gasteiger partial charge in [0.1, 0.15) is 5.82 Å². The van der Waals surface area contributed by atoms with Crippen molar-refractivity contribution in [3.05, 3.63) is 95.8 Å². The molecule has 4 rings (SSSR count). The minimum Gasteiger partial charge on any atom is -0.352 e. The number of hydrogen-bond acceptors (Lipinski definition) is 4. The van der Waals surface area contributed by atoms with Crippen molar-refractivity contribution in [3.8, 4) is 0 Å². The molecule has 0 unspecified atom stereocenters. The van der Waals surface area contributed by atoms with Crippen LogP contribution in [0.5, 0.6) is 0 Å². The largest absolute Gasteiger partial charge is 0.352 e. The minimum absolute atomic E-state index is 0.0494. The number of amides is 1. The van der Waals surface area contributed by atoms with Crippen LogP contribution >= 0.6 is 0 Å². The molecular formula is C23H22N4O3S. The summed E-state index contributed by atoms with van der Waals surface area (Å²) in [6.45, 7) is 0.555. The number of nitrogens with one attached hydrogen (secondary N) is 3. The summed E-state index contributed by atoms with van der Waals surface area (Å²) in [6, 6.07) is 23.0. The van der Waals surface area contributed by atoms with Gasteiger partial charge in [0, 0.05) is 25.1 Å². The Bertz CT molecular complexity index is 1270. The van der Waals surface area contributed by atoms with Crippen molar-refractivity contribution in [2.24, 2.45) is 0 Å². The van der Waals surface area contributed by atoms with Gasteiger partial charge in [-0.25, -0.2) is 18.1 Å². The second-order valence-electron chi connectivity index (χ2n) is 7.04. The lowest BCUT2D eigenvalue weighted by Crippen LogP contribution is -2.27. The zero-order valence-electron chi connectivity index (χ0n) is 16.7. The number of rotatable bonds is 8. The molecule has 31 heavy (non-hydrogen) atoms. The molecule has 158 valence electrons. The van der Waals surface area contributed by atoms with Crippen LogP contribution in [0.15, 0.2) is 83.8 Å². The van der Waals surface area contributed by atoms with E-state index in [9.17, 15) is 13.2 Å². The number of imidazole rings is 1.